The zero-order chi connectivity index (χ0) is 13.9. The van der Waals surface area contributed by atoms with E-state index in [1.807, 2.05) is 0 Å². The fourth-order valence-electron chi connectivity index (χ4n) is 2.85. The third kappa shape index (κ3) is 3.90. The molecule has 0 atom stereocenters. The Kier molecular flexibility index (Phi) is 4.81. The van der Waals surface area contributed by atoms with Gasteiger partial charge in [0.15, 0.2) is 0 Å². The van der Waals surface area contributed by atoms with Gasteiger partial charge in [0, 0.05) is 19.1 Å². The van der Waals surface area contributed by atoms with Gasteiger partial charge in [-0.2, -0.15) is 17.4 Å². The minimum atomic E-state index is -3.44. The van der Waals surface area contributed by atoms with Crippen molar-refractivity contribution in [3.8, 4) is 0 Å². The molecule has 19 heavy (non-hydrogen) atoms. The van der Waals surface area contributed by atoms with E-state index in [2.05, 4.69) is 4.72 Å². The van der Waals surface area contributed by atoms with Gasteiger partial charge in [-0.1, -0.05) is 19.3 Å². The molecule has 110 valence electrons. The molecule has 1 aliphatic heterocycles. The molecule has 1 saturated heterocycles. The van der Waals surface area contributed by atoms with Gasteiger partial charge in [-0.15, -0.1) is 0 Å². The van der Waals surface area contributed by atoms with E-state index in [9.17, 15) is 13.2 Å². The van der Waals surface area contributed by atoms with Crippen molar-refractivity contribution in [2.24, 2.45) is 5.92 Å². The molecule has 1 heterocycles. The quantitative estimate of drug-likeness (QED) is 0.807. The number of nitrogens with zero attached hydrogens (tertiary/aromatic N) is 1. The molecule has 2 fully saturated rings. The lowest BCUT2D eigenvalue weighted by molar-refractivity contribution is -0.142. The van der Waals surface area contributed by atoms with Gasteiger partial charge in [-0.3, -0.25) is 4.79 Å². The van der Waals surface area contributed by atoms with Gasteiger partial charge in [-0.25, -0.2) is 0 Å². The molecule has 0 radical (unpaired) electrons. The first kappa shape index (κ1) is 14.7. The number of carbonyl (C=O) groups is 1. The summed E-state index contributed by atoms with van der Waals surface area (Å²) in [7, 11) is -3.44. The zero-order valence-corrected chi connectivity index (χ0v) is 11.9. The highest BCUT2D eigenvalue weighted by atomic mass is 32.2. The molecule has 0 unspecified atom stereocenters. The Hall–Kier alpha value is -0.660. The van der Waals surface area contributed by atoms with E-state index in [4.69, 9.17) is 5.11 Å². The van der Waals surface area contributed by atoms with Crippen molar-refractivity contribution < 1.29 is 18.3 Å². The highest BCUT2D eigenvalue weighted by Crippen LogP contribution is 2.22. The van der Waals surface area contributed by atoms with Gasteiger partial charge < -0.3 is 5.11 Å². The van der Waals surface area contributed by atoms with Gasteiger partial charge in [0.2, 0.25) is 0 Å². The van der Waals surface area contributed by atoms with Crippen LogP contribution in [0, 0.1) is 5.92 Å². The summed E-state index contributed by atoms with van der Waals surface area (Å²) in [4.78, 5) is 10.8. The molecule has 1 saturated carbocycles. The van der Waals surface area contributed by atoms with Crippen LogP contribution in [0.5, 0.6) is 0 Å². The summed E-state index contributed by atoms with van der Waals surface area (Å²) < 4.78 is 28.5. The molecule has 1 aliphatic carbocycles. The van der Waals surface area contributed by atoms with E-state index in [1.165, 1.54) is 10.7 Å². The van der Waals surface area contributed by atoms with Crippen LogP contribution in [-0.2, 0) is 15.0 Å². The van der Waals surface area contributed by atoms with E-state index < -0.39 is 22.1 Å². The van der Waals surface area contributed by atoms with E-state index in [-0.39, 0.29) is 6.04 Å². The molecule has 0 aromatic carbocycles. The van der Waals surface area contributed by atoms with Crippen LogP contribution in [0.4, 0.5) is 0 Å². The fraction of sp³-hybridized carbons (Fsp3) is 0.917. The Morgan fingerprint density at radius 2 is 1.63 bits per heavy atom. The van der Waals surface area contributed by atoms with Crippen LogP contribution in [0.2, 0.25) is 0 Å². The average molecular weight is 290 g/mol. The Labute approximate surface area is 114 Å². The molecule has 0 aromatic heterocycles. The number of carboxylic acid groups (broad SMARTS) is 1. The molecule has 0 spiro atoms. The lowest BCUT2D eigenvalue weighted by atomic mass is 9.96. The molecule has 2 rings (SSSR count). The average Bonchev–Trinajstić information content (AvgIpc) is 2.39. The summed E-state index contributed by atoms with van der Waals surface area (Å²) in [6.07, 6.45) is 5.96. The Balaban J connectivity index is 1.88. The monoisotopic (exact) mass is 290 g/mol. The van der Waals surface area contributed by atoms with Crippen LogP contribution in [0.15, 0.2) is 0 Å². The van der Waals surface area contributed by atoms with Crippen LogP contribution in [0.3, 0.4) is 0 Å². The smallest absolute Gasteiger partial charge is 0.306 e. The van der Waals surface area contributed by atoms with Crippen molar-refractivity contribution in [3.63, 3.8) is 0 Å². The number of hydrogen-bond acceptors (Lipinski definition) is 3. The van der Waals surface area contributed by atoms with Crippen LogP contribution in [0.1, 0.15) is 44.9 Å². The molecule has 0 amide bonds. The van der Waals surface area contributed by atoms with Crippen molar-refractivity contribution in [2.45, 2.75) is 51.0 Å². The van der Waals surface area contributed by atoms with Crippen molar-refractivity contribution >= 4 is 16.2 Å². The van der Waals surface area contributed by atoms with Gasteiger partial charge in [0.05, 0.1) is 5.92 Å². The number of aliphatic carboxylic acids is 1. The van der Waals surface area contributed by atoms with E-state index in [0.29, 0.717) is 25.9 Å². The number of carboxylic acids is 1. The van der Waals surface area contributed by atoms with Gasteiger partial charge in [-0.05, 0) is 25.7 Å². The lowest BCUT2D eigenvalue weighted by Crippen LogP contribution is -2.49. The first-order chi connectivity index (χ1) is 8.99. The second-order valence-corrected chi connectivity index (χ2v) is 7.17. The maximum absolute atomic E-state index is 12.2. The largest absolute Gasteiger partial charge is 0.481 e. The highest BCUT2D eigenvalue weighted by molar-refractivity contribution is 7.87. The Morgan fingerprint density at radius 3 is 2.16 bits per heavy atom. The second-order valence-electron chi connectivity index (χ2n) is 5.47. The van der Waals surface area contributed by atoms with Crippen molar-refractivity contribution in [1.82, 2.24) is 9.03 Å². The third-order valence-corrected chi connectivity index (χ3v) is 5.74. The first-order valence-electron chi connectivity index (χ1n) is 6.99. The predicted octanol–water partition coefficient (Wildman–Crippen LogP) is 0.950. The normalized spacial score (nSPS) is 24.4. The lowest BCUT2D eigenvalue weighted by Gasteiger charge is -2.31. The van der Waals surface area contributed by atoms with E-state index in [1.54, 1.807) is 0 Å². The minimum absolute atomic E-state index is 0.0518. The third-order valence-electron chi connectivity index (χ3n) is 4.06. The summed E-state index contributed by atoms with van der Waals surface area (Å²) in [6, 6.07) is 0.0518. The van der Waals surface area contributed by atoms with E-state index >= 15 is 0 Å². The Morgan fingerprint density at radius 1 is 1.05 bits per heavy atom. The molecule has 2 aliphatic rings. The zero-order valence-electron chi connectivity index (χ0n) is 11.0. The summed E-state index contributed by atoms with van der Waals surface area (Å²) in [5.74, 6) is -1.22. The van der Waals surface area contributed by atoms with Crippen molar-refractivity contribution in [2.75, 3.05) is 13.1 Å². The maximum Gasteiger partial charge on any atom is 0.306 e. The van der Waals surface area contributed by atoms with Gasteiger partial charge >= 0.3 is 5.97 Å². The molecule has 7 heteroatoms. The molecule has 0 bridgehead atoms. The molecule has 0 aromatic rings. The number of piperidine rings is 1. The Bertz CT molecular complexity index is 409. The second kappa shape index (κ2) is 6.19. The molecule has 6 nitrogen and oxygen atoms in total. The SMILES string of the molecule is O=C(O)C1CCN(S(=O)(=O)NC2CCCCC2)CC1. The summed E-state index contributed by atoms with van der Waals surface area (Å²) in [6.45, 7) is 0.609. The van der Waals surface area contributed by atoms with Crippen molar-refractivity contribution in [1.29, 1.82) is 0 Å². The molecule has 2 N–H and O–H groups in total. The van der Waals surface area contributed by atoms with E-state index in [0.717, 1.165) is 25.7 Å². The van der Waals surface area contributed by atoms with Crippen LogP contribution in [0.25, 0.3) is 0 Å². The predicted molar refractivity (Wildman–Crippen MR) is 70.9 cm³/mol. The van der Waals surface area contributed by atoms with Crippen LogP contribution < -0.4 is 4.72 Å². The van der Waals surface area contributed by atoms with Gasteiger partial charge in [0.25, 0.3) is 10.2 Å². The first-order valence-corrected chi connectivity index (χ1v) is 8.43. The van der Waals surface area contributed by atoms with Crippen LogP contribution >= 0.6 is 0 Å². The van der Waals surface area contributed by atoms with Gasteiger partial charge in [0.1, 0.15) is 0 Å². The summed E-state index contributed by atoms with van der Waals surface area (Å²) in [5.41, 5.74) is 0. The topological polar surface area (TPSA) is 86.7 Å². The summed E-state index contributed by atoms with van der Waals surface area (Å²) in [5, 5.41) is 8.90. The van der Waals surface area contributed by atoms with Crippen molar-refractivity contribution in [3.05, 3.63) is 0 Å². The van der Waals surface area contributed by atoms with Crippen LogP contribution in [-0.4, -0.2) is 42.9 Å². The minimum Gasteiger partial charge on any atom is -0.481 e. The molecular weight excluding hydrogens is 268 g/mol. The number of hydrogen-bond donors (Lipinski definition) is 2. The highest BCUT2D eigenvalue weighted by Gasteiger charge is 2.32. The summed E-state index contributed by atoms with van der Waals surface area (Å²) >= 11 is 0. The standard InChI is InChI=1S/C12H22N2O4S/c15-12(16)10-6-8-14(9-7-10)19(17,18)13-11-4-2-1-3-5-11/h10-11,13H,1-9H2,(H,15,16). The maximum atomic E-state index is 12.2. The number of rotatable bonds is 4. The number of nitrogens with one attached hydrogen (secondary N) is 1. The molecular formula is C12H22N2O4S. The fourth-order valence-corrected chi connectivity index (χ4v) is 4.35.